The molecule has 0 unspecified atom stereocenters. The summed E-state index contributed by atoms with van der Waals surface area (Å²) in [6, 6.07) is 21.3. The molecule has 0 saturated carbocycles. The van der Waals surface area contributed by atoms with Crippen LogP contribution in [0.25, 0.3) is 0 Å². The Morgan fingerprint density at radius 1 is 0.778 bits per heavy atom. The second-order valence-corrected chi connectivity index (χ2v) is 6.06. The number of hydrogen-bond acceptors (Lipinski definition) is 3. The number of rotatable bonds is 5. The molecule has 5 nitrogen and oxygen atoms in total. The number of aryl methyl sites for hydroxylation is 1. The van der Waals surface area contributed by atoms with Crippen LogP contribution >= 0.6 is 0 Å². The van der Waals surface area contributed by atoms with Gasteiger partial charge in [-0.3, -0.25) is 9.59 Å². The average molecular weight is 360 g/mol. The number of benzene rings is 3. The van der Waals surface area contributed by atoms with Gasteiger partial charge in [0.25, 0.3) is 11.8 Å². The Bertz CT molecular complexity index is 951. The molecular weight excluding hydrogens is 340 g/mol. The van der Waals surface area contributed by atoms with Crippen molar-refractivity contribution in [1.29, 1.82) is 0 Å². The molecule has 3 aromatic rings. The molecule has 2 N–H and O–H groups in total. The maximum absolute atomic E-state index is 12.4. The highest BCUT2D eigenvalue weighted by Crippen LogP contribution is 2.28. The third-order valence-corrected chi connectivity index (χ3v) is 4.06. The molecular formula is C22H20N2O3. The standard InChI is InChI=1S/C22H20N2O3/c1-15-8-10-17(11-9-15)21(25)23-18-12-13-20(27-2)19(14-18)24-22(26)16-6-4-3-5-7-16/h3-14H,1-2H3,(H,23,25)(H,24,26). The van der Waals surface area contributed by atoms with Gasteiger partial charge in [0.05, 0.1) is 12.8 Å². The first-order valence-corrected chi connectivity index (χ1v) is 8.49. The van der Waals surface area contributed by atoms with E-state index in [1.54, 1.807) is 54.6 Å². The van der Waals surface area contributed by atoms with Gasteiger partial charge in [0.1, 0.15) is 5.75 Å². The van der Waals surface area contributed by atoms with Crippen LogP contribution in [0.2, 0.25) is 0 Å². The molecule has 27 heavy (non-hydrogen) atoms. The van der Waals surface area contributed by atoms with Crippen molar-refractivity contribution in [3.05, 3.63) is 89.5 Å². The Labute approximate surface area is 158 Å². The fourth-order valence-electron chi connectivity index (χ4n) is 2.58. The Hall–Kier alpha value is -3.60. The summed E-state index contributed by atoms with van der Waals surface area (Å²) in [5.74, 6) is 0.0315. The zero-order valence-electron chi connectivity index (χ0n) is 15.2. The first-order chi connectivity index (χ1) is 13.1. The van der Waals surface area contributed by atoms with E-state index in [-0.39, 0.29) is 11.8 Å². The molecule has 0 aliphatic carbocycles. The summed E-state index contributed by atoms with van der Waals surface area (Å²) in [6.07, 6.45) is 0. The molecule has 5 heteroatoms. The maximum Gasteiger partial charge on any atom is 0.255 e. The lowest BCUT2D eigenvalue weighted by atomic mass is 10.1. The number of carbonyl (C=O) groups is 2. The quantitative estimate of drug-likeness (QED) is 0.703. The van der Waals surface area contributed by atoms with E-state index in [2.05, 4.69) is 10.6 Å². The van der Waals surface area contributed by atoms with Crippen LogP contribution in [0.3, 0.4) is 0 Å². The first kappa shape index (κ1) is 18.2. The highest BCUT2D eigenvalue weighted by Gasteiger charge is 2.12. The number of carbonyl (C=O) groups excluding carboxylic acids is 2. The zero-order valence-corrected chi connectivity index (χ0v) is 15.2. The SMILES string of the molecule is COc1ccc(NC(=O)c2ccc(C)cc2)cc1NC(=O)c1ccccc1. The fraction of sp³-hybridized carbons (Fsp3) is 0.0909. The monoisotopic (exact) mass is 360 g/mol. The van der Waals surface area contributed by atoms with Gasteiger partial charge in [0, 0.05) is 16.8 Å². The van der Waals surface area contributed by atoms with E-state index >= 15 is 0 Å². The van der Waals surface area contributed by atoms with Crippen LogP contribution in [0.15, 0.2) is 72.8 Å². The summed E-state index contributed by atoms with van der Waals surface area (Å²) in [6.45, 7) is 1.97. The van der Waals surface area contributed by atoms with Crippen LogP contribution in [0.5, 0.6) is 5.75 Å². The number of anilines is 2. The van der Waals surface area contributed by atoms with Crippen molar-refractivity contribution >= 4 is 23.2 Å². The number of ether oxygens (including phenoxy) is 1. The normalized spacial score (nSPS) is 10.1. The first-order valence-electron chi connectivity index (χ1n) is 8.49. The van der Waals surface area contributed by atoms with E-state index in [0.717, 1.165) is 5.56 Å². The molecule has 0 bridgehead atoms. The minimum Gasteiger partial charge on any atom is -0.495 e. The van der Waals surface area contributed by atoms with E-state index < -0.39 is 0 Å². The van der Waals surface area contributed by atoms with Gasteiger partial charge >= 0.3 is 0 Å². The van der Waals surface area contributed by atoms with Crippen LogP contribution in [-0.4, -0.2) is 18.9 Å². The van der Waals surface area contributed by atoms with Gasteiger partial charge in [-0.2, -0.15) is 0 Å². The average Bonchev–Trinajstić information content (AvgIpc) is 2.69. The molecule has 0 aromatic heterocycles. The van der Waals surface area contributed by atoms with Crippen molar-refractivity contribution in [2.75, 3.05) is 17.7 Å². The van der Waals surface area contributed by atoms with Crippen LogP contribution in [-0.2, 0) is 0 Å². The topological polar surface area (TPSA) is 67.4 Å². The Kier molecular flexibility index (Phi) is 5.52. The number of nitrogens with one attached hydrogen (secondary N) is 2. The number of methoxy groups -OCH3 is 1. The van der Waals surface area contributed by atoms with Gasteiger partial charge in [-0.1, -0.05) is 35.9 Å². The smallest absolute Gasteiger partial charge is 0.255 e. The molecule has 2 amide bonds. The Balaban J connectivity index is 1.79. The summed E-state index contributed by atoms with van der Waals surface area (Å²) < 4.78 is 5.31. The second kappa shape index (κ2) is 8.19. The third-order valence-electron chi connectivity index (χ3n) is 4.06. The van der Waals surface area contributed by atoms with Crippen LogP contribution < -0.4 is 15.4 Å². The maximum atomic E-state index is 12.4. The van der Waals surface area contributed by atoms with Crippen LogP contribution in [0, 0.1) is 6.92 Å². The van der Waals surface area contributed by atoms with Crippen molar-refractivity contribution < 1.29 is 14.3 Å². The van der Waals surface area contributed by atoms with Gasteiger partial charge in [0.2, 0.25) is 0 Å². The summed E-state index contributed by atoms with van der Waals surface area (Å²) in [5, 5.41) is 5.66. The summed E-state index contributed by atoms with van der Waals surface area (Å²) in [4.78, 5) is 24.8. The van der Waals surface area contributed by atoms with Gasteiger partial charge in [-0.15, -0.1) is 0 Å². The zero-order chi connectivity index (χ0) is 19.2. The molecule has 136 valence electrons. The summed E-state index contributed by atoms with van der Waals surface area (Å²) >= 11 is 0. The molecule has 0 fully saturated rings. The second-order valence-electron chi connectivity index (χ2n) is 6.06. The van der Waals surface area contributed by atoms with E-state index in [9.17, 15) is 9.59 Å². The van der Waals surface area contributed by atoms with Crippen molar-refractivity contribution in [3.8, 4) is 5.75 Å². The summed E-state index contributed by atoms with van der Waals surface area (Å²) in [5.41, 5.74) is 3.22. The van der Waals surface area contributed by atoms with E-state index in [1.165, 1.54) is 7.11 Å². The van der Waals surface area contributed by atoms with Crippen molar-refractivity contribution in [1.82, 2.24) is 0 Å². The molecule has 3 rings (SSSR count). The van der Waals surface area contributed by atoms with Crippen molar-refractivity contribution in [3.63, 3.8) is 0 Å². The van der Waals surface area contributed by atoms with E-state index in [1.807, 2.05) is 25.1 Å². The Morgan fingerprint density at radius 2 is 1.41 bits per heavy atom. The summed E-state index contributed by atoms with van der Waals surface area (Å²) in [7, 11) is 1.53. The minimum atomic E-state index is -0.254. The van der Waals surface area contributed by atoms with Gasteiger partial charge < -0.3 is 15.4 Å². The molecule has 0 saturated heterocycles. The Morgan fingerprint density at radius 3 is 2.07 bits per heavy atom. The highest BCUT2D eigenvalue weighted by atomic mass is 16.5. The molecule has 0 heterocycles. The van der Waals surface area contributed by atoms with Crippen LogP contribution in [0.4, 0.5) is 11.4 Å². The lowest BCUT2D eigenvalue weighted by Gasteiger charge is -2.13. The van der Waals surface area contributed by atoms with E-state index in [4.69, 9.17) is 4.74 Å². The van der Waals surface area contributed by atoms with Gasteiger partial charge in [-0.25, -0.2) is 0 Å². The predicted octanol–water partition coefficient (Wildman–Crippen LogP) is 4.51. The lowest BCUT2D eigenvalue weighted by Crippen LogP contribution is -2.14. The molecule has 3 aromatic carbocycles. The molecule has 0 spiro atoms. The molecule has 0 aliphatic rings. The highest BCUT2D eigenvalue weighted by molar-refractivity contribution is 6.07. The molecule has 0 aliphatic heterocycles. The van der Waals surface area contributed by atoms with Gasteiger partial charge in [0.15, 0.2) is 0 Å². The van der Waals surface area contributed by atoms with Gasteiger partial charge in [-0.05, 0) is 49.4 Å². The van der Waals surface area contributed by atoms with Crippen molar-refractivity contribution in [2.24, 2.45) is 0 Å². The minimum absolute atomic E-state index is 0.222. The lowest BCUT2D eigenvalue weighted by molar-refractivity contribution is 0.101. The molecule has 0 radical (unpaired) electrons. The van der Waals surface area contributed by atoms with Crippen LogP contribution in [0.1, 0.15) is 26.3 Å². The number of hydrogen-bond donors (Lipinski definition) is 2. The largest absolute Gasteiger partial charge is 0.495 e. The number of amides is 2. The van der Waals surface area contributed by atoms with Crippen molar-refractivity contribution in [2.45, 2.75) is 6.92 Å². The fourth-order valence-corrected chi connectivity index (χ4v) is 2.58. The predicted molar refractivity (Wildman–Crippen MR) is 107 cm³/mol. The molecule has 0 atom stereocenters. The van der Waals surface area contributed by atoms with E-state index in [0.29, 0.717) is 28.3 Å². The third kappa shape index (κ3) is 4.52.